The van der Waals surface area contributed by atoms with Gasteiger partial charge in [0.25, 0.3) is 0 Å². The lowest BCUT2D eigenvalue weighted by atomic mass is 10.2. The van der Waals surface area contributed by atoms with E-state index in [1.807, 2.05) is 38.2 Å². The number of rotatable bonds is 9. The molecular weight excluding hydrogens is 348 g/mol. The van der Waals surface area contributed by atoms with Crippen LogP contribution < -0.4 is 10.1 Å². The average Bonchev–Trinajstić information content (AvgIpc) is 3.05. The highest BCUT2D eigenvalue weighted by atomic mass is 32.1. The molecule has 0 amide bonds. The number of ether oxygens (including phenoxy) is 2. The Bertz CT molecular complexity index is 702. The molecule has 0 aliphatic heterocycles. The van der Waals surface area contributed by atoms with Gasteiger partial charge < -0.3 is 19.7 Å². The Kier molecular flexibility index (Phi) is 8.37. The zero-order chi connectivity index (χ0) is 18.8. The van der Waals surface area contributed by atoms with E-state index < -0.39 is 0 Å². The van der Waals surface area contributed by atoms with Crippen LogP contribution >= 0.6 is 11.3 Å². The SMILES string of the molecule is CCNC(=NCCOCc1ccccc1OC)N(C)Cc1csc(C)n1. The highest BCUT2D eigenvalue weighted by molar-refractivity contribution is 7.09. The van der Waals surface area contributed by atoms with Crippen LogP contribution in [0.15, 0.2) is 34.6 Å². The molecule has 0 aliphatic carbocycles. The van der Waals surface area contributed by atoms with E-state index in [1.165, 1.54) is 0 Å². The van der Waals surface area contributed by atoms with Crippen LogP contribution in [0.2, 0.25) is 0 Å². The molecule has 0 aliphatic rings. The highest BCUT2D eigenvalue weighted by Crippen LogP contribution is 2.17. The number of methoxy groups -OCH3 is 1. The molecule has 0 radical (unpaired) electrons. The number of aryl methyl sites for hydroxylation is 1. The van der Waals surface area contributed by atoms with E-state index in [2.05, 4.69) is 32.5 Å². The molecule has 0 bridgehead atoms. The number of benzene rings is 1. The molecule has 1 N–H and O–H groups in total. The van der Waals surface area contributed by atoms with E-state index in [1.54, 1.807) is 18.4 Å². The van der Waals surface area contributed by atoms with Crippen LogP contribution in [0.4, 0.5) is 0 Å². The molecule has 6 nitrogen and oxygen atoms in total. The maximum Gasteiger partial charge on any atom is 0.194 e. The van der Waals surface area contributed by atoms with Crippen molar-refractivity contribution in [3.8, 4) is 5.75 Å². The van der Waals surface area contributed by atoms with Gasteiger partial charge in [-0.05, 0) is 19.9 Å². The minimum absolute atomic E-state index is 0.518. The predicted molar refractivity (Wildman–Crippen MR) is 107 cm³/mol. The third-order valence-electron chi connectivity index (χ3n) is 3.71. The smallest absolute Gasteiger partial charge is 0.194 e. The van der Waals surface area contributed by atoms with Crippen molar-refractivity contribution < 1.29 is 9.47 Å². The van der Waals surface area contributed by atoms with Crippen LogP contribution in [0.5, 0.6) is 5.75 Å². The molecule has 26 heavy (non-hydrogen) atoms. The van der Waals surface area contributed by atoms with Gasteiger partial charge >= 0.3 is 0 Å². The van der Waals surface area contributed by atoms with Crippen molar-refractivity contribution in [1.82, 2.24) is 15.2 Å². The fourth-order valence-corrected chi connectivity index (χ4v) is 3.09. The molecule has 0 unspecified atom stereocenters. The number of para-hydroxylation sites is 1. The quantitative estimate of drug-likeness (QED) is 0.414. The number of nitrogens with zero attached hydrogens (tertiary/aromatic N) is 3. The summed E-state index contributed by atoms with van der Waals surface area (Å²) in [4.78, 5) is 11.2. The van der Waals surface area contributed by atoms with E-state index in [9.17, 15) is 0 Å². The van der Waals surface area contributed by atoms with Gasteiger partial charge in [-0.25, -0.2) is 4.98 Å². The summed E-state index contributed by atoms with van der Waals surface area (Å²) in [6.45, 7) is 7.30. The molecule has 2 rings (SSSR count). The van der Waals surface area contributed by atoms with E-state index in [-0.39, 0.29) is 0 Å². The van der Waals surface area contributed by atoms with Crippen LogP contribution in [0.1, 0.15) is 23.2 Å². The molecule has 0 atom stereocenters. The Morgan fingerprint density at radius 2 is 2.15 bits per heavy atom. The third kappa shape index (κ3) is 6.31. The summed E-state index contributed by atoms with van der Waals surface area (Å²) in [6.07, 6.45) is 0. The number of guanidine groups is 1. The Morgan fingerprint density at radius 3 is 2.85 bits per heavy atom. The predicted octanol–water partition coefficient (Wildman–Crippen LogP) is 3.07. The topological polar surface area (TPSA) is 59.0 Å². The third-order valence-corrected chi connectivity index (χ3v) is 4.53. The van der Waals surface area contributed by atoms with Crippen LogP contribution in [-0.4, -0.2) is 49.7 Å². The lowest BCUT2D eigenvalue weighted by Crippen LogP contribution is -2.38. The van der Waals surface area contributed by atoms with E-state index >= 15 is 0 Å². The maximum atomic E-state index is 5.75. The van der Waals surface area contributed by atoms with Crippen molar-refractivity contribution in [2.24, 2.45) is 4.99 Å². The summed E-state index contributed by atoms with van der Waals surface area (Å²) in [7, 11) is 3.69. The minimum Gasteiger partial charge on any atom is -0.496 e. The van der Waals surface area contributed by atoms with Crippen molar-refractivity contribution in [1.29, 1.82) is 0 Å². The number of aliphatic imine (C=N–C) groups is 1. The van der Waals surface area contributed by atoms with Crippen molar-refractivity contribution in [3.05, 3.63) is 45.9 Å². The molecule has 142 valence electrons. The largest absolute Gasteiger partial charge is 0.496 e. The summed E-state index contributed by atoms with van der Waals surface area (Å²) in [5.74, 6) is 1.71. The fraction of sp³-hybridized carbons (Fsp3) is 0.474. The summed E-state index contributed by atoms with van der Waals surface area (Å²) < 4.78 is 11.1. The van der Waals surface area contributed by atoms with Crippen LogP contribution in [0.3, 0.4) is 0 Å². The van der Waals surface area contributed by atoms with Gasteiger partial charge in [0.1, 0.15) is 5.75 Å². The second kappa shape index (κ2) is 10.8. The molecule has 1 aromatic heterocycles. The van der Waals surface area contributed by atoms with Crippen LogP contribution in [0, 0.1) is 6.92 Å². The fourth-order valence-electron chi connectivity index (χ4n) is 2.49. The number of thiazole rings is 1. The Balaban J connectivity index is 1.82. The lowest BCUT2D eigenvalue weighted by molar-refractivity contribution is 0.126. The Hall–Kier alpha value is -2.12. The monoisotopic (exact) mass is 376 g/mol. The Morgan fingerprint density at radius 1 is 1.35 bits per heavy atom. The Labute approximate surface area is 159 Å². The molecule has 7 heteroatoms. The first-order chi connectivity index (χ1) is 12.6. The number of hydrogen-bond donors (Lipinski definition) is 1. The van der Waals surface area contributed by atoms with E-state index in [0.29, 0.717) is 19.8 Å². The molecule has 0 spiro atoms. The first kappa shape index (κ1) is 20.2. The molecule has 1 aromatic carbocycles. The van der Waals surface area contributed by atoms with Gasteiger partial charge in [-0.2, -0.15) is 0 Å². The zero-order valence-corrected chi connectivity index (χ0v) is 16.8. The average molecular weight is 377 g/mol. The summed E-state index contributed by atoms with van der Waals surface area (Å²) in [5, 5.41) is 6.48. The molecular formula is C19H28N4O2S. The van der Waals surface area contributed by atoms with Crippen LogP contribution in [-0.2, 0) is 17.9 Å². The van der Waals surface area contributed by atoms with Crippen molar-refractivity contribution in [3.63, 3.8) is 0 Å². The van der Waals surface area contributed by atoms with Gasteiger partial charge in [0.2, 0.25) is 0 Å². The molecule has 1 heterocycles. The van der Waals surface area contributed by atoms with E-state index in [0.717, 1.165) is 41.1 Å². The second-order valence-corrected chi connectivity index (χ2v) is 6.88. The standard InChI is InChI=1S/C19H28N4O2S/c1-5-20-19(23(3)12-17-14-26-15(2)22-17)21-10-11-25-13-16-8-6-7-9-18(16)24-4/h6-9,14H,5,10-13H2,1-4H3,(H,20,21). The highest BCUT2D eigenvalue weighted by Gasteiger charge is 2.08. The minimum atomic E-state index is 0.518. The van der Waals surface area contributed by atoms with Gasteiger partial charge in [0.15, 0.2) is 5.96 Å². The number of hydrogen-bond acceptors (Lipinski definition) is 5. The lowest BCUT2D eigenvalue weighted by Gasteiger charge is -2.21. The normalized spacial score (nSPS) is 11.5. The molecule has 0 saturated heterocycles. The molecule has 0 fully saturated rings. The van der Waals surface area contributed by atoms with Gasteiger partial charge in [-0.3, -0.25) is 4.99 Å². The zero-order valence-electron chi connectivity index (χ0n) is 16.0. The van der Waals surface area contributed by atoms with Crippen LogP contribution in [0.25, 0.3) is 0 Å². The first-order valence-electron chi connectivity index (χ1n) is 8.74. The van der Waals surface area contributed by atoms with Gasteiger partial charge in [0, 0.05) is 24.5 Å². The van der Waals surface area contributed by atoms with E-state index in [4.69, 9.17) is 9.47 Å². The number of nitrogens with one attached hydrogen (secondary N) is 1. The van der Waals surface area contributed by atoms with Gasteiger partial charge in [0.05, 0.1) is 44.1 Å². The van der Waals surface area contributed by atoms with Crippen molar-refractivity contribution in [2.45, 2.75) is 27.0 Å². The molecule has 2 aromatic rings. The number of aromatic nitrogens is 1. The summed E-state index contributed by atoms with van der Waals surface area (Å²) >= 11 is 1.67. The summed E-state index contributed by atoms with van der Waals surface area (Å²) in [6, 6.07) is 7.89. The maximum absolute atomic E-state index is 5.75. The summed E-state index contributed by atoms with van der Waals surface area (Å²) in [5.41, 5.74) is 2.11. The van der Waals surface area contributed by atoms with Crippen molar-refractivity contribution in [2.75, 3.05) is 33.9 Å². The first-order valence-corrected chi connectivity index (χ1v) is 9.62. The molecule has 0 saturated carbocycles. The van der Waals surface area contributed by atoms with Gasteiger partial charge in [-0.15, -0.1) is 11.3 Å². The van der Waals surface area contributed by atoms with Crippen molar-refractivity contribution >= 4 is 17.3 Å². The second-order valence-electron chi connectivity index (χ2n) is 5.81. The van der Waals surface area contributed by atoms with Gasteiger partial charge in [-0.1, -0.05) is 18.2 Å².